The van der Waals surface area contributed by atoms with Gasteiger partial charge in [0.15, 0.2) is 0 Å². The largest absolute Gasteiger partial charge is 0.467 e. The van der Waals surface area contributed by atoms with Crippen molar-refractivity contribution >= 4 is 0 Å². The van der Waals surface area contributed by atoms with E-state index in [1.54, 1.807) is 13.0 Å². The van der Waals surface area contributed by atoms with Crippen LogP contribution in [0.4, 0.5) is 17.6 Å². The van der Waals surface area contributed by atoms with Crippen LogP contribution in [0.5, 0.6) is 0 Å². The molecule has 0 radical (unpaired) electrons. The quantitative estimate of drug-likeness (QED) is 0.845. The number of furan rings is 1. The van der Waals surface area contributed by atoms with Gasteiger partial charge in [0.2, 0.25) is 0 Å². The second-order valence-electron chi connectivity index (χ2n) is 4.18. The first-order valence-electron chi connectivity index (χ1n) is 5.47. The predicted molar refractivity (Wildman–Crippen MR) is 60.9 cm³/mol. The maximum absolute atomic E-state index is 13.4. The van der Waals surface area contributed by atoms with E-state index in [-0.39, 0.29) is 5.56 Å². The average Bonchev–Trinajstić information content (AvgIpc) is 2.72. The van der Waals surface area contributed by atoms with Crippen molar-refractivity contribution in [1.29, 1.82) is 0 Å². The molecule has 2 aromatic rings. The molecule has 0 aliphatic heterocycles. The van der Waals surface area contributed by atoms with Gasteiger partial charge in [-0.1, -0.05) is 6.07 Å². The second-order valence-corrected chi connectivity index (χ2v) is 4.18. The summed E-state index contributed by atoms with van der Waals surface area (Å²) in [6.07, 6.45) is -3.29. The van der Waals surface area contributed by atoms with E-state index in [0.29, 0.717) is 11.8 Å². The number of benzene rings is 1. The van der Waals surface area contributed by atoms with Crippen molar-refractivity contribution in [3.63, 3.8) is 0 Å². The Bertz CT molecular complexity index is 589. The summed E-state index contributed by atoms with van der Waals surface area (Å²) in [5.41, 5.74) is 5.52. The molecule has 0 saturated heterocycles. The van der Waals surface area contributed by atoms with E-state index in [1.165, 1.54) is 6.26 Å². The van der Waals surface area contributed by atoms with Crippen molar-refractivity contribution in [2.45, 2.75) is 19.1 Å². The summed E-state index contributed by atoms with van der Waals surface area (Å²) in [5, 5.41) is 0. The molecule has 0 fully saturated rings. The van der Waals surface area contributed by atoms with Crippen LogP contribution in [0.1, 0.15) is 28.5 Å². The van der Waals surface area contributed by atoms with Gasteiger partial charge in [-0.3, -0.25) is 0 Å². The molecule has 0 amide bonds. The van der Waals surface area contributed by atoms with Crippen molar-refractivity contribution in [2.75, 3.05) is 0 Å². The van der Waals surface area contributed by atoms with Crippen LogP contribution in [-0.2, 0) is 6.18 Å². The summed E-state index contributed by atoms with van der Waals surface area (Å²) in [5.74, 6) is -0.941. The van der Waals surface area contributed by atoms with Gasteiger partial charge in [-0.2, -0.15) is 13.2 Å². The zero-order valence-electron chi connectivity index (χ0n) is 9.96. The number of hydrogen-bond donors (Lipinski definition) is 1. The van der Waals surface area contributed by atoms with E-state index in [1.807, 2.05) is 0 Å². The molecule has 1 aromatic heterocycles. The van der Waals surface area contributed by atoms with E-state index in [0.717, 1.165) is 17.7 Å². The molecule has 0 bridgehead atoms. The number of alkyl halides is 3. The average molecular weight is 273 g/mol. The van der Waals surface area contributed by atoms with Gasteiger partial charge < -0.3 is 10.2 Å². The minimum absolute atomic E-state index is 0.226. The number of rotatable bonds is 2. The van der Waals surface area contributed by atoms with Crippen LogP contribution in [0.25, 0.3) is 0 Å². The number of aryl methyl sites for hydroxylation is 1. The first-order valence-corrected chi connectivity index (χ1v) is 5.47. The molecule has 0 aliphatic carbocycles. The molecule has 0 aliphatic rings. The normalized spacial score (nSPS) is 13.6. The zero-order chi connectivity index (χ0) is 14.2. The van der Waals surface area contributed by atoms with Gasteiger partial charge in [0.1, 0.15) is 11.6 Å². The predicted octanol–water partition coefficient (Wildman–Crippen LogP) is 3.79. The third-order valence-electron chi connectivity index (χ3n) is 2.84. The summed E-state index contributed by atoms with van der Waals surface area (Å²) in [6, 6.07) is 3.50. The van der Waals surface area contributed by atoms with Crippen molar-refractivity contribution in [3.8, 4) is 0 Å². The molecule has 2 N–H and O–H groups in total. The fourth-order valence-corrected chi connectivity index (χ4v) is 1.81. The molecule has 1 heterocycles. The number of halogens is 4. The lowest BCUT2D eigenvalue weighted by molar-refractivity contribution is -0.140. The molecule has 6 heteroatoms. The lowest BCUT2D eigenvalue weighted by atomic mass is 10.0. The summed E-state index contributed by atoms with van der Waals surface area (Å²) in [7, 11) is 0. The molecule has 1 aromatic carbocycles. The Labute approximate surface area is 106 Å². The fraction of sp³-hybridized carbons (Fsp3) is 0.231. The molecule has 1 atom stereocenters. The van der Waals surface area contributed by atoms with Crippen LogP contribution in [0.15, 0.2) is 34.9 Å². The molecule has 102 valence electrons. The van der Waals surface area contributed by atoms with Gasteiger partial charge in [0.25, 0.3) is 0 Å². The van der Waals surface area contributed by atoms with Crippen LogP contribution in [0.2, 0.25) is 0 Å². The molecule has 0 spiro atoms. The topological polar surface area (TPSA) is 39.2 Å². The highest BCUT2D eigenvalue weighted by atomic mass is 19.4. The number of hydrogen-bond acceptors (Lipinski definition) is 2. The Balaban J connectivity index is 2.38. The minimum Gasteiger partial charge on any atom is -0.467 e. The van der Waals surface area contributed by atoms with E-state index in [9.17, 15) is 17.6 Å². The lowest BCUT2D eigenvalue weighted by Crippen LogP contribution is -2.14. The van der Waals surface area contributed by atoms with Crippen LogP contribution < -0.4 is 5.73 Å². The maximum Gasteiger partial charge on any atom is 0.419 e. The summed E-state index contributed by atoms with van der Waals surface area (Å²) < 4.78 is 55.9. The summed E-state index contributed by atoms with van der Waals surface area (Å²) >= 11 is 0. The third-order valence-corrected chi connectivity index (χ3v) is 2.84. The highest BCUT2D eigenvalue weighted by Crippen LogP contribution is 2.33. The van der Waals surface area contributed by atoms with E-state index in [4.69, 9.17) is 10.2 Å². The SMILES string of the molecule is Cc1ccoc1C(N)c1ccc(C(F)(F)F)c(F)c1. The standard InChI is InChI=1S/C13H11F4NO/c1-7-4-5-19-12(7)11(18)8-2-3-9(10(14)6-8)13(15,16)17/h2-6,11H,18H2,1H3. The van der Waals surface area contributed by atoms with Gasteiger partial charge in [-0.25, -0.2) is 4.39 Å². The van der Waals surface area contributed by atoms with Crippen molar-refractivity contribution in [3.05, 3.63) is 58.8 Å². The monoisotopic (exact) mass is 273 g/mol. The fourth-order valence-electron chi connectivity index (χ4n) is 1.81. The van der Waals surface area contributed by atoms with E-state index >= 15 is 0 Å². The van der Waals surface area contributed by atoms with Crippen molar-refractivity contribution in [2.24, 2.45) is 5.73 Å². The van der Waals surface area contributed by atoms with Crippen molar-refractivity contribution < 1.29 is 22.0 Å². The van der Waals surface area contributed by atoms with Crippen LogP contribution in [0, 0.1) is 12.7 Å². The van der Waals surface area contributed by atoms with Crippen LogP contribution in [-0.4, -0.2) is 0 Å². The van der Waals surface area contributed by atoms with Gasteiger partial charge in [0, 0.05) is 0 Å². The lowest BCUT2D eigenvalue weighted by Gasteiger charge is -2.13. The zero-order valence-corrected chi connectivity index (χ0v) is 9.96. The molecule has 1 unspecified atom stereocenters. The van der Waals surface area contributed by atoms with Gasteiger partial charge >= 0.3 is 6.18 Å². The van der Waals surface area contributed by atoms with Gasteiger partial charge in [-0.15, -0.1) is 0 Å². The molecular weight excluding hydrogens is 262 g/mol. The first kappa shape index (κ1) is 13.6. The van der Waals surface area contributed by atoms with Crippen molar-refractivity contribution in [1.82, 2.24) is 0 Å². The molecular formula is C13H11F4NO. The Morgan fingerprint density at radius 2 is 1.89 bits per heavy atom. The van der Waals surface area contributed by atoms with Crippen LogP contribution >= 0.6 is 0 Å². The highest BCUT2D eigenvalue weighted by Gasteiger charge is 2.34. The summed E-state index contributed by atoms with van der Waals surface area (Å²) in [6.45, 7) is 1.75. The Kier molecular flexibility index (Phi) is 3.36. The highest BCUT2D eigenvalue weighted by molar-refractivity contribution is 5.34. The van der Waals surface area contributed by atoms with Gasteiger partial charge in [0.05, 0.1) is 17.9 Å². The Hall–Kier alpha value is -1.82. The van der Waals surface area contributed by atoms with E-state index in [2.05, 4.69) is 0 Å². The molecule has 19 heavy (non-hydrogen) atoms. The third kappa shape index (κ3) is 2.63. The Morgan fingerprint density at radius 3 is 2.37 bits per heavy atom. The van der Waals surface area contributed by atoms with Gasteiger partial charge in [-0.05, 0) is 36.2 Å². The Morgan fingerprint density at radius 1 is 1.21 bits per heavy atom. The molecule has 2 nitrogen and oxygen atoms in total. The summed E-state index contributed by atoms with van der Waals surface area (Å²) in [4.78, 5) is 0. The maximum atomic E-state index is 13.4. The number of nitrogens with two attached hydrogens (primary N) is 1. The smallest absolute Gasteiger partial charge is 0.419 e. The minimum atomic E-state index is -4.71. The first-order chi connectivity index (χ1) is 8.80. The molecule has 2 rings (SSSR count). The van der Waals surface area contributed by atoms with Crippen LogP contribution in [0.3, 0.4) is 0 Å². The second kappa shape index (κ2) is 4.70. The molecule has 0 saturated carbocycles. The van der Waals surface area contributed by atoms with E-state index < -0.39 is 23.6 Å².